The number of benzene rings is 1. The Hall–Kier alpha value is -1.22. The predicted octanol–water partition coefficient (Wildman–Crippen LogP) is 1.83. The molecule has 0 aliphatic carbocycles. The molecule has 0 bridgehead atoms. The van der Waals surface area contributed by atoms with Crippen molar-refractivity contribution in [1.29, 1.82) is 0 Å². The summed E-state index contributed by atoms with van der Waals surface area (Å²) in [5.41, 5.74) is 0. The van der Waals surface area contributed by atoms with Crippen LogP contribution in [0.3, 0.4) is 0 Å². The lowest BCUT2D eigenvalue weighted by Gasteiger charge is -2.12. The Morgan fingerprint density at radius 2 is 2.00 bits per heavy atom. The highest BCUT2D eigenvalue weighted by atomic mass is 16.5. The van der Waals surface area contributed by atoms with E-state index in [9.17, 15) is 0 Å². The quantitative estimate of drug-likeness (QED) is 0.817. The Labute approximate surface area is 90.4 Å². The van der Waals surface area contributed by atoms with Crippen LogP contribution in [0.4, 0.5) is 0 Å². The third-order valence-electron chi connectivity index (χ3n) is 2.67. The van der Waals surface area contributed by atoms with Gasteiger partial charge in [0, 0.05) is 6.04 Å². The van der Waals surface area contributed by atoms with Gasteiger partial charge in [-0.3, -0.25) is 0 Å². The molecule has 15 heavy (non-hydrogen) atoms. The lowest BCUT2D eigenvalue weighted by Crippen LogP contribution is -2.28. The van der Waals surface area contributed by atoms with Gasteiger partial charge in [0.2, 0.25) is 0 Å². The fourth-order valence-corrected chi connectivity index (χ4v) is 1.77. The highest BCUT2D eigenvalue weighted by Crippen LogP contribution is 2.17. The van der Waals surface area contributed by atoms with Gasteiger partial charge in [0.15, 0.2) is 0 Å². The molecule has 3 heteroatoms. The van der Waals surface area contributed by atoms with Crippen molar-refractivity contribution < 1.29 is 9.47 Å². The molecule has 2 rings (SSSR count). The molecule has 1 fully saturated rings. The topological polar surface area (TPSA) is 30.5 Å². The average Bonchev–Trinajstić information content (AvgIpc) is 2.80. The van der Waals surface area contributed by atoms with Gasteiger partial charge >= 0.3 is 0 Å². The molecule has 1 heterocycles. The number of methoxy groups -OCH3 is 1. The predicted molar refractivity (Wildman–Crippen MR) is 59.5 cm³/mol. The molecule has 1 aliphatic heterocycles. The summed E-state index contributed by atoms with van der Waals surface area (Å²) in [5.74, 6) is 1.77. The van der Waals surface area contributed by atoms with Crippen molar-refractivity contribution in [1.82, 2.24) is 5.32 Å². The molecule has 0 unspecified atom stereocenters. The van der Waals surface area contributed by atoms with Crippen molar-refractivity contribution >= 4 is 0 Å². The molecule has 1 N–H and O–H groups in total. The second-order valence-electron chi connectivity index (χ2n) is 3.78. The van der Waals surface area contributed by atoms with Gasteiger partial charge in [0.1, 0.15) is 18.1 Å². The molecule has 1 saturated heterocycles. The van der Waals surface area contributed by atoms with Crippen LogP contribution >= 0.6 is 0 Å². The zero-order chi connectivity index (χ0) is 10.5. The summed E-state index contributed by atoms with van der Waals surface area (Å²) in [6.45, 7) is 1.88. The monoisotopic (exact) mass is 207 g/mol. The molecule has 1 aliphatic rings. The minimum atomic E-state index is 0.520. The highest BCUT2D eigenvalue weighted by molar-refractivity contribution is 5.31. The summed E-state index contributed by atoms with van der Waals surface area (Å²) >= 11 is 0. The van der Waals surface area contributed by atoms with Crippen LogP contribution in [0.2, 0.25) is 0 Å². The summed E-state index contributed by atoms with van der Waals surface area (Å²) in [4.78, 5) is 0. The molecule has 1 atom stereocenters. The number of ether oxygens (including phenoxy) is 2. The second kappa shape index (κ2) is 5.03. The summed E-state index contributed by atoms with van der Waals surface area (Å²) in [7, 11) is 1.66. The van der Waals surface area contributed by atoms with Crippen LogP contribution in [0.25, 0.3) is 0 Å². The zero-order valence-corrected chi connectivity index (χ0v) is 9.03. The van der Waals surface area contributed by atoms with Crippen molar-refractivity contribution in [3.05, 3.63) is 24.3 Å². The summed E-state index contributed by atoms with van der Waals surface area (Å²) in [6.07, 6.45) is 2.48. The normalized spacial score (nSPS) is 20.2. The van der Waals surface area contributed by atoms with Crippen LogP contribution in [0.5, 0.6) is 11.5 Å². The first kappa shape index (κ1) is 10.3. The first-order valence-corrected chi connectivity index (χ1v) is 5.39. The van der Waals surface area contributed by atoms with Crippen molar-refractivity contribution in [2.24, 2.45) is 0 Å². The zero-order valence-electron chi connectivity index (χ0n) is 9.03. The molecular formula is C12H17NO2. The van der Waals surface area contributed by atoms with Crippen molar-refractivity contribution in [3.63, 3.8) is 0 Å². The Morgan fingerprint density at radius 3 is 2.60 bits per heavy atom. The Kier molecular flexibility index (Phi) is 3.45. The van der Waals surface area contributed by atoms with Gasteiger partial charge in [-0.05, 0) is 43.7 Å². The summed E-state index contributed by atoms with van der Waals surface area (Å²) in [5, 5.41) is 3.40. The first-order valence-electron chi connectivity index (χ1n) is 5.39. The minimum absolute atomic E-state index is 0.520. The van der Waals surface area contributed by atoms with E-state index in [1.807, 2.05) is 24.3 Å². The van der Waals surface area contributed by atoms with Gasteiger partial charge < -0.3 is 14.8 Å². The van der Waals surface area contributed by atoms with Gasteiger partial charge in [-0.15, -0.1) is 0 Å². The van der Waals surface area contributed by atoms with Gasteiger partial charge in [-0.1, -0.05) is 0 Å². The molecule has 0 amide bonds. The van der Waals surface area contributed by atoms with Gasteiger partial charge in [0.05, 0.1) is 7.11 Å². The molecule has 82 valence electrons. The molecular weight excluding hydrogens is 190 g/mol. The molecule has 0 aromatic heterocycles. The van der Waals surface area contributed by atoms with E-state index in [4.69, 9.17) is 9.47 Å². The number of hydrogen-bond acceptors (Lipinski definition) is 3. The lowest BCUT2D eigenvalue weighted by molar-refractivity contribution is 0.277. The van der Waals surface area contributed by atoms with Crippen LogP contribution in [-0.2, 0) is 0 Å². The number of nitrogens with one attached hydrogen (secondary N) is 1. The van der Waals surface area contributed by atoms with Gasteiger partial charge in [-0.2, -0.15) is 0 Å². The maximum Gasteiger partial charge on any atom is 0.119 e. The number of hydrogen-bond donors (Lipinski definition) is 1. The fourth-order valence-electron chi connectivity index (χ4n) is 1.77. The van der Waals surface area contributed by atoms with E-state index in [-0.39, 0.29) is 0 Å². The van der Waals surface area contributed by atoms with E-state index in [1.165, 1.54) is 12.8 Å². The van der Waals surface area contributed by atoms with Crippen molar-refractivity contribution in [2.45, 2.75) is 18.9 Å². The Balaban J connectivity index is 1.82. The third-order valence-corrected chi connectivity index (χ3v) is 2.67. The van der Waals surface area contributed by atoms with Crippen LogP contribution in [0, 0.1) is 0 Å². The molecule has 3 nitrogen and oxygen atoms in total. The molecule has 0 radical (unpaired) electrons. The maximum absolute atomic E-state index is 5.67. The van der Waals surface area contributed by atoms with Gasteiger partial charge in [0.25, 0.3) is 0 Å². The fraction of sp³-hybridized carbons (Fsp3) is 0.500. The molecule has 0 spiro atoms. The third kappa shape index (κ3) is 2.86. The Bertz CT molecular complexity index is 291. The van der Waals surface area contributed by atoms with Crippen LogP contribution in [0.15, 0.2) is 24.3 Å². The van der Waals surface area contributed by atoms with E-state index < -0.39 is 0 Å². The van der Waals surface area contributed by atoms with E-state index in [1.54, 1.807) is 7.11 Å². The first-order chi connectivity index (χ1) is 7.38. The van der Waals surface area contributed by atoms with E-state index in [2.05, 4.69) is 5.32 Å². The van der Waals surface area contributed by atoms with Crippen molar-refractivity contribution in [2.75, 3.05) is 20.3 Å². The van der Waals surface area contributed by atoms with Crippen LogP contribution in [-0.4, -0.2) is 26.3 Å². The Morgan fingerprint density at radius 1 is 1.27 bits per heavy atom. The largest absolute Gasteiger partial charge is 0.497 e. The van der Waals surface area contributed by atoms with E-state index in [0.29, 0.717) is 6.04 Å². The average molecular weight is 207 g/mol. The summed E-state index contributed by atoms with van der Waals surface area (Å²) < 4.78 is 10.8. The van der Waals surface area contributed by atoms with E-state index in [0.717, 1.165) is 24.7 Å². The lowest BCUT2D eigenvalue weighted by atomic mass is 10.2. The SMILES string of the molecule is COc1ccc(OC[C@@H]2CCCN2)cc1. The smallest absolute Gasteiger partial charge is 0.119 e. The van der Waals surface area contributed by atoms with E-state index >= 15 is 0 Å². The standard InChI is InChI=1S/C12H17NO2/c1-14-11-4-6-12(7-5-11)15-9-10-3-2-8-13-10/h4-7,10,13H,2-3,8-9H2,1H3/t10-/m0/s1. The molecule has 1 aromatic carbocycles. The minimum Gasteiger partial charge on any atom is -0.497 e. The highest BCUT2D eigenvalue weighted by Gasteiger charge is 2.14. The molecule has 0 saturated carbocycles. The number of rotatable bonds is 4. The van der Waals surface area contributed by atoms with Gasteiger partial charge in [-0.25, -0.2) is 0 Å². The van der Waals surface area contributed by atoms with Crippen LogP contribution in [0.1, 0.15) is 12.8 Å². The second-order valence-corrected chi connectivity index (χ2v) is 3.78. The molecule has 1 aromatic rings. The summed E-state index contributed by atoms with van der Waals surface area (Å²) in [6, 6.07) is 8.23. The van der Waals surface area contributed by atoms with Crippen molar-refractivity contribution in [3.8, 4) is 11.5 Å². The maximum atomic E-state index is 5.67. The van der Waals surface area contributed by atoms with Crippen LogP contribution < -0.4 is 14.8 Å².